The molecule has 0 saturated heterocycles. The van der Waals surface area contributed by atoms with Crippen molar-refractivity contribution in [1.29, 1.82) is 0 Å². The molecule has 3 nitrogen and oxygen atoms in total. The van der Waals surface area contributed by atoms with Gasteiger partial charge in [0.15, 0.2) is 0 Å². The number of anilines is 1. The molecule has 3 heteroatoms. The highest BCUT2D eigenvalue weighted by Crippen LogP contribution is 2.48. The van der Waals surface area contributed by atoms with Crippen molar-refractivity contribution in [1.82, 2.24) is 0 Å². The summed E-state index contributed by atoms with van der Waals surface area (Å²) in [7, 11) is 0. The molecule has 1 aliphatic rings. The van der Waals surface area contributed by atoms with Crippen molar-refractivity contribution in [2.45, 2.75) is 52.6 Å². The molecule has 0 aliphatic heterocycles. The molecule has 2 atom stereocenters. The highest BCUT2D eigenvalue weighted by Gasteiger charge is 2.46. The van der Waals surface area contributed by atoms with Crippen LogP contribution in [0.3, 0.4) is 0 Å². The number of rotatable bonds is 5. The van der Waals surface area contributed by atoms with E-state index in [9.17, 15) is 4.79 Å². The van der Waals surface area contributed by atoms with Gasteiger partial charge in [0.1, 0.15) is 5.60 Å². The van der Waals surface area contributed by atoms with E-state index in [1.165, 1.54) is 11.3 Å². The van der Waals surface area contributed by atoms with Gasteiger partial charge in [-0.25, -0.2) is 0 Å². The minimum absolute atomic E-state index is 0.0449. The highest BCUT2D eigenvalue weighted by atomic mass is 16.6. The first-order chi connectivity index (χ1) is 9.85. The van der Waals surface area contributed by atoms with Crippen LogP contribution in [-0.4, -0.2) is 24.7 Å². The zero-order valence-electron chi connectivity index (χ0n) is 13.8. The molecule has 0 radical (unpaired) electrons. The lowest BCUT2D eigenvalue weighted by Gasteiger charge is -2.21. The summed E-state index contributed by atoms with van der Waals surface area (Å²) in [6.07, 6.45) is 0.916. The topological polar surface area (TPSA) is 29.5 Å². The summed E-state index contributed by atoms with van der Waals surface area (Å²) in [5.41, 5.74) is 2.11. The highest BCUT2D eigenvalue weighted by molar-refractivity contribution is 5.77. The van der Waals surface area contributed by atoms with Gasteiger partial charge in [-0.2, -0.15) is 0 Å². The second kappa shape index (κ2) is 6.08. The molecule has 1 saturated carbocycles. The Labute approximate surface area is 128 Å². The van der Waals surface area contributed by atoms with Gasteiger partial charge in [0.05, 0.1) is 5.92 Å². The number of benzene rings is 1. The molecule has 0 heterocycles. The molecule has 0 aromatic heterocycles. The summed E-state index contributed by atoms with van der Waals surface area (Å²) in [4.78, 5) is 14.4. The van der Waals surface area contributed by atoms with Crippen LogP contribution in [-0.2, 0) is 9.53 Å². The van der Waals surface area contributed by atoms with E-state index in [-0.39, 0.29) is 11.9 Å². The van der Waals surface area contributed by atoms with Crippen LogP contribution in [0.15, 0.2) is 24.3 Å². The summed E-state index contributed by atoms with van der Waals surface area (Å²) >= 11 is 0. The summed E-state index contributed by atoms with van der Waals surface area (Å²) in [5, 5.41) is 0. The third-order valence-electron chi connectivity index (χ3n) is 3.95. The second-order valence-corrected chi connectivity index (χ2v) is 6.75. The van der Waals surface area contributed by atoms with Crippen LogP contribution in [0.1, 0.15) is 52.5 Å². The van der Waals surface area contributed by atoms with E-state index in [1.54, 1.807) is 0 Å². The third-order valence-corrected chi connectivity index (χ3v) is 3.95. The fourth-order valence-electron chi connectivity index (χ4n) is 2.72. The maximum atomic E-state index is 12.0. The third kappa shape index (κ3) is 3.99. The van der Waals surface area contributed by atoms with Gasteiger partial charge in [-0.15, -0.1) is 0 Å². The second-order valence-electron chi connectivity index (χ2n) is 6.75. The summed E-state index contributed by atoms with van der Waals surface area (Å²) in [6.45, 7) is 12.1. The van der Waals surface area contributed by atoms with Crippen LogP contribution >= 0.6 is 0 Å². The fraction of sp³-hybridized carbons (Fsp3) is 0.611. The quantitative estimate of drug-likeness (QED) is 0.768. The van der Waals surface area contributed by atoms with Crippen LogP contribution in [0.5, 0.6) is 0 Å². The number of ether oxygens (including phenoxy) is 1. The van der Waals surface area contributed by atoms with Gasteiger partial charge in [-0.3, -0.25) is 4.79 Å². The van der Waals surface area contributed by atoms with Gasteiger partial charge in [0, 0.05) is 18.8 Å². The molecular formula is C18H27NO2. The zero-order chi connectivity index (χ0) is 15.6. The molecule has 0 spiro atoms. The summed E-state index contributed by atoms with van der Waals surface area (Å²) < 4.78 is 5.46. The van der Waals surface area contributed by atoms with E-state index in [4.69, 9.17) is 4.74 Å². The molecule has 0 bridgehead atoms. The predicted molar refractivity (Wildman–Crippen MR) is 86.7 cm³/mol. The smallest absolute Gasteiger partial charge is 0.310 e. The van der Waals surface area contributed by atoms with Gasteiger partial charge >= 0.3 is 5.97 Å². The van der Waals surface area contributed by atoms with E-state index in [0.717, 1.165) is 19.5 Å². The van der Waals surface area contributed by atoms with Crippen LogP contribution < -0.4 is 4.90 Å². The van der Waals surface area contributed by atoms with Crippen molar-refractivity contribution in [2.24, 2.45) is 5.92 Å². The molecule has 0 amide bonds. The van der Waals surface area contributed by atoms with Crippen molar-refractivity contribution in [3.63, 3.8) is 0 Å². The minimum atomic E-state index is -0.392. The fourth-order valence-corrected chi connectivity index (χ4v) is 2.72. The largest absolute Gasteiger partial charge is 0.460 e. The van der Waals surface area contributed by atoms with Crippen molar-refractivity contribution in [3.8, 4) is 0 Å². The van der Waals surface area contributed by atoms with E-state index < -0.39 is 5.60 Å². The summed E-state index contributed by atoms with van der Waals surface area (Å²) in [6, 6.07) is 8.63. The number of carbonyl (C=O) groups excluding carboxylic acids is 1. The van der Waals surface area contributed by atoms with Crippen molar-refractivity contribution >= 4 is 11.7 Å². The molecule has 1 aromatic carbocycles. The Bertz CT molecular complexity index is 483. The Kier molecular flexibility index (Phi) is 4.60. The first-order valence-electron chi connectivity index (χ1n) is 7.93. The zero-order valence-corrected chi connectivity index (χ0v) is 13.8. The van der Waals surface area contributed by atoms with Crippen LogP contribution in [0.4, 0.5) is 5.69 Å². The van der Waals surface area contributed by atoms with Crippen LogP contribution in [0.25, 0.3) is 0 Å². The molecule has 2 rings (SSSR count). The normalized spacial score (nSPS) is 21.0. The minimum Gasteiger partial charge on any atom is -0.460 e. The Balaban J connectivity index is 1.97. The Morgan fingerprint density at radius 2 is 1.76 bits per heavy atom. The van der Waals surface area contributed by atoms with Crippen molar-refractivity contribution < 1.29 is 9.53 Å². The first-order valence-corrected chi connectivity index (χ1v) is 7.93. The lowest BCUT2D eigenvalue weighted by molar-refractivity contribution is -0.156. The first kappa shape index (κ1) is 15.9. The van der Waals surface area contributed by atoms with E-state index in [1.807, 2.05) is 20.8 Å². The maximum Gasteiger partial charge on any atom is 0.310 e. The molecule has 1 aliphatic carbocycles. The van der Waals surface area contributed by atoms with Gasteiger partial charge < -0.3 is 9.64 Å². The molecule has 0 unspecified atom stereocenters. The number of carbonyl (C=O) groups is 1. The number of hydrogen-bond donors (Lipinski definition) is 0. The average molecular weight is 289 g/mol. The van der Waals surface area contributed by atoms with Gasteiger partial charge in [0.2, 0.25) is 0 Å². The molecule has 1 aromatic rings. The van der Waals surface area contributed by atoms with Crippen molar-refractivity contribution in [3.05, 3.63) is 29.8 Å². The molecule has 116 valence electrons. The Morgan fingerprint density at radius 3 is 2.24 bits per heavy atom. The van der Waals surface area contributed by atoms with Gasteiger partial charge in [-0.1, -0.05) is 12.1 Å². The van der Waals surface area contributed by atoms with Crippen molar-refractivity contribution in [2.75, 3.05) is 18.0 Å². The van der Waals surface area contributed by atoms with Crippen LogP contribution in [0, 0.1) is 5.92 Å². The van der Waals surface area contributed by atoms with Gasteiger partial charge in [0.25, 0.3) is 0 Å². The standard InChI is InChI=1S/C18H27NO2/c1-6-19(7-2)14-10-8-13(9-11-14)15-12-16(15)17(20)21-18(3,4)5/h8-11,15-16H,6-7,12H2,1-5H3/t15-,16+/m0/s1. The predicted octanol–water partition coefficient (Wildman–Crippen LogP) is 3.98. The van der Waals surface area contributed by atoms with E-state index in [2.05, 4.69) is 43.0 Å². The average Bonchev–Trinajstić information content (AvgIpc) is 3.19. The maximum absolute atomic E-state index is 12.0. The lowest BCUT2D eigenvalue weighted by atomic mass is 10.1. The van der Waals surface area contributed by atoms with E-state index >= 15 is 0 Å². The summed E-state index contributed by atoms with van der Waals surface area (Å²) in [5.74, 6) is 0.328. The molecule has 21 heavy (non-hydrogen) atoms. The number of nitrogens with zero attached hydrogens (tertiary/aromatic N) is 1. The monoisotopic (exact) mass is 289 g/mol. The number of esters is 1. The molecule has 1 fully saturated rings. The lowest BCUT2D eigenvalue weighted by Crippen LogP contribution is -2.25. The Hall–Kier alpha value is -1.51. The molecular weight excluding hydrogens is 262 g/mol. The Morgan fingerprint density at radius 1 is 1.19 bits per heavy atom. The molecule has 0 N–H and O–H groups in total. The SMILES string of the molecule is CCN(CC)c1ccc([C@@H]2C[C@H]2C(=O)OC(C)(C)C)cc1. The van der Waals surface area contributed by atoms with Gasteiger partial charge in [-0.05, 0) is 64.7 Å². The number of hydrogen-bond acceptors (Lipinski definition) is 3. The van der Waals surface area contributed by atoms with E-state index in [0.29, 0.717) is 5.92 Å². The van der Waals surface area contributed by atoms with Crippen LogP contribution in [0.2, 0.25) is 0 Å².